The van der Waals surface area contributed by atoms with Crippen molar-refractivity contribution in [2.24, 2.45) is 5.73 Å². The second-order valence-electron chi connectivity index (χ2n) is 4.03. The van der Waals surface area contributed by atoms with Gasteiger partial charge in [0.2, 0.25) is 5.88 Å². The van der Waals surface area contributed by atoms with Crippen LogP contribution in [0.1, 0.15) is 17.3 Å². The van der Waals surface area contributed by atoms with Gasteiger partial charge in [0.25, 0.3) is 0 Å². The van der Waals surface area contributed by atoms with E-state index in [4.69, 9.17) is 10.5 Å². The molecule has 100 valence electrons. The smallest absolute Gasteiger partial charge is 0.216 e. The molecule has 0 bridgehead atoms. The maximum absolute atomic E-state index is 13.5. The van der Waals surface area contributed by atoms with Crippen molar-refractivity contribution in [2.75, 3.05) is 7.11 Å². The summed E-state index contributed by atoms with van der Waals surface area (Å²) in [6, 6.07) is 4.29. The predicted octanol–water partition coefficient (Wildman–Crippen LogP) is 2.01. The van der Waals surface area contributed by atoms with E-state index in [1.54, 1.807) is 6.07 Å². The van der Waals surface area contributed by atoms with Gasteiger partial charge in [-0.1, -0.05) is 0 Å². The Bertz CT molecular complexity index is 578. The zero-order chi connectivity index (χ0) is 13.8. The molecule has 2 N–H and O–H groups in total. The molecule has 0 saturated carbocycles. The molecule has 1 atom stereocenters. The van der Waals surface area contributed by atoms with Crippen molar-refractivity contribution in [1.82, 2.24) is 9.97 Å². The third-order valence-corrected chi connectivity index (χ3v) is 2.70. The Morgan fingerprint density at radius 2 is 2.05 bits per heavy atom. The van der Waals surface area contributed by atoms with Crippen LogP contribution in [0.5, 0.6) is 5.88 Å². The van der Waals surface area contributed by atoms with Gasteiger partial charge in [0.05, 0.1) is 18.8 Å². The Morgan fingerprint density at radius 1 is 1.26 bits per heavy atom. The van der Waals surface area contributed by atoms with Crippen molar-refractivity contribution in [3.63, 3.8) is 0 Å². The van der Waals surface area contributed by atoms with Gasteiger partial charge in [-0.15, -0.1) is 0 Å². The number of rotatable bonds is 4. The molecule has 1 heterocycles. The van der Waals surface area contributed by atoms with Gasteiger partial charge in [0, 0.05) is 6.07 Å². The first kappa shape index (κ1) is 13.4. The number of methoxy groups -OCH3 is 1. The number of ether oxygens (including phenoxy) is 1. The summed E-state index contributed by atoms with van der Waals surface area (Å²) >= 11 is 0. The van der Waals surface area contributed by atoms with E-state index in [1.165, 1.54) is 13.4 Å². The molecule has 4 nitrogen and oxygen atoms in total. The zero-order valence-corrected chi connectivity index (χ0v) is 10.3. The van der Waals surface area contributed by atoms with Crippen LogP contribution in [0.2, 0.25) is 0 Å². The number of benzene rings is 1. The first-order chi connectivity index (χ1) is 9.10. The van der Waals surface area contributed by atoms with Crippen molar-refractivity contribution >= 4 is 0 Å². The van der Waals surface area contributed by atoms with Crippen molar-refractivity contribution in [3.8, 4) is 5.88 Å². The molecule has 0 fully saturated rings. The molecule has 6 heteroatoms. The van der Waals surface area contributed by atoms with Gasteiger partial charge < -0.3 is 10.5 Å². The first-order valence-electron chi connectivity index (χ1n) is 5.65. The summed E-state index contributed by atoms with van der Waals surface area (Å²) in [6.07, 6.45) is 1.46. The second kappa shape index (κ2) is 5.71. The van der Waals surface area contributed by atoms with Gasteiger partial charge in [-0.3, -0.25) is 0 Å². The van der Waals surface area contributed by atoms with E-state index in [1.807, 2.05) is 0 Å². The van der Waals surface area contributed by atoms with Crippen LogP contribution in [-0.4, -0.2) is 17.1 Å². The molecule has 0 aliphatic carbocycles. The van der Waals surface area contributed by atoms with Crippen molar-refractivity contribution in [2.45, 2.75) is 12.5 Å². The average molecular weight is 265 g/mol. The maximum Gasteiger partial charge on any atom is 0.216 e. The fourth-order valence-electron chi connectivity index (χ4n) is 1.71. The standard InChI is InChI=1S/C13H13F2N3O/c1-19-13-6-12(17-7-18-13)11(16)5-8-4-9(14)2-3-10(8)15/h2-4,6-7,11H,5,16H2,1H3. The molecule has 0 aliphatic heterocycles. The normalized spacial score (nSPS) is 12.2. The Hall–Kier alpha value is -2.08. The summed E-state index contributed by atoms with van der Waals surface area (Å²) in [5, 5.41) is 0. The highest BCUT2D eigenvalue weighted by Gasteiger charge is 2.13. The highest BCUT2D eigenvalue weighted by molar-refractivity contribution is 5.23. The monoisotopic (exact) mass is 265 g/mol. The zero-order valence-electron chi connectivity index (χ0n) is 10.3. The topological polar surface area (TPSA) is 61.0 Å². The number of halogens is 2. The molecule has 1 aromatic carbocycles. The van der Waals surface area contributed by atoms with Crippen molar-refractivity contribution < 1.29 is 13.5 Å². The maximum atomic E-state index is 13.5. The molecule has 1 aromatic heterocycles. The van der Waals surface area contributed by atoms with Gasteiger partial charge in [0.1, 0.15) is 18.0 Å². The van der Waals surface area contributed by atoms with Crippen LogP contribution in [0.15, 0.2) is 30.6 Å². The van der Waals surface area contributed by atoms with Gasteiger partial charge in [-0.2, -0.15) is 0 Å². The van der Waals surface area contributed by atoms with Crippen LogP contribution < -0.4 is 10.5 Å². The minimum Gasteiger partial charge on any atom is -0.481 e. The summed E-state index contributed by atoms with van der Waals surface area (Å²) in [7, 11) is 1.48. The Morgan fingerprint density at radius 3 is 2.79 bits per heavy atom. The van der Waals surface area contributed by atoms with Crippen molar-refractivity contribution in [3.05, 3.63) is 53.5 Å². The van der Waals surface area contributed by atoms with E-state index < -0.39 is 17.7 Å². The van der Waals surface area contributed by atoms with E-state index in [0.717, 1.165) is 18.2 Å². The van der Waals surface area contributed by atoms with Crippen LogP contribution in [0.3, 0.4) is 0 Å². The summed E-state index contributed by atoms with van der Waals surface area (Å²) in [6.45, 7) is 0. The third kappa shape index (κ3) is 3.23. The molecule has 1 unspecified atom stereocenters. The molecule has 0 spiro atoms. The molecule has 2 aromatic rings. The van der Waals surface area contributed by atoms with E-state index in [-0.39, 0.29) is 12.0 Å². The predicted molar refractivity (Wildman–Crippen MR) is 65.6 cm³/mol. The lowest BCUT2D eigenvalue weighted by Gasteiger charge is -2.12. The lowest BCUT2D eigenvalue weighted by atomic mass is 10.0. The number of hydrogen-bond acceptors (Lipinski definition) is 4. The molecule has 2 rings (SSSR count). The first-order valence-corrected chi connectivity index (χ1v) is 5.65. The lowest BCUT2D eigenvalue weighted by molar-refractivity contribution is 0.395. The van der Waals surface area contributed by atoms with E-state index in [0.29, 0.717) is 11.6 Å². The number of nitrogens with zero attached hydrogens (tertiary/aromatic N) is 2. The van der Waals surface area contributed by atoms with Crippen LogP contribution in [0, 0.1) is 11.6 Å². The fourth-order valence-corrected chi connectivity index (χ4v) is 1.71. The van der Waals surface area contributed by atoms with Gasteiger partial charge in [-0.05, 0) is 30.2 Å². The quantitative estimate of drug-likeness (QED) is 0.918. The highest BCUT2D eigenvalue weighted by Crippen LogP contribution is 2.19. The molecule has 0 aliphatic rings. The highest BCUT2D eigenvalue weighted by atomic mass is 19.1. The van der Waals surface area contributed by atoms with E-state index in [2.05, 4.69) is 9.97 Å². The SMILES string of the molecule is COc1cc(C(N)Cc2cc(F)ccc2F)ncn1. The molecule has 0 saturated heterocycles. The molecular formula is C13H13F2N3O. The van der Waals surface area contributed by atoms with Gasteiger partial charge in [0.15, 0.2) is 0 Å². The van der Waals surface area contributed by atoms with E-state index >= 15 is 0 Å². The Balaban J connectivity index is 2.20. The summed E-state index contributed by atoms with van der Waals surface area (Å²) in [5.41, 5.74) is 6.66. The summed E-state index contributed by atoms with van der Waals surface area (Å²) < 4.78 is 31.5. The number of aromatic nitrogens is 2. The largest absolute Gasteiger partial charge is 0.481 e. The Kier molecular flexibility index (Phi) is 4.01. The van der Waals surface area contributed by atoms with E-state index in [9.17, 15) is 8.78 Å². The molecule has 0 amide bonds. The average Bonchev–Trinajstić information content (AvgIpc) is 2.43. The molecular weight excluding hydrogens is 252 g/mol. The van der Waals surface area contributed by atoms with Crippen LogP contribution >= 0.6 is 0 Å². The fraction of sp³-hybridized carbons (Fsp3) is 0.231. The second-order valence-corrected chi connectivity index (χ2v) is 4.03. The molecule has 0 radical (unpaired) electrons. The van der Waals surface area contributed by atoms with Crippen LogP contribution in [0.25, 0.3) is 0 Å². The Labute approximate surface area is 109 Å². The summed E-state index contributed by atoms with van der Waals surface area (Å²) in [4.78, 5) is 7.86. The van der Waals surface area contributed by atoms with Crippen LogP contribution in [-0.2, 0) is 6.42 Å². The lowest BCUT2D eigenvalue weighted by Crippen LogP contribution is -2.16. The van der Waals surface area contributed by atoms with Gasteiger partial charge in [-0.25, -0.2) is 18.7 Å². The number of hydrogen-bond donors (Lipinski definition) is 1. The summed E-state index contributed by atoms with van der Waals surface area (Å²) in [5.74, 6) is -0.609. The minimum atomic E-state index is -0.562. The third-order valence-electron chi connectivity index (χ3n) is 2.70. The van der Waals surface area contributed by atoms with Gasteiger partial charge >= 0.3 is 0 Å². The molecule has 19 heavy (non-hydrogen) atoms. The van der Waals surface area contributed by atoms with Crippen LogP contribution in [0.4, 0.5) is 8.78 Å². The van der Waals surface area contributed by atoms with Crippen molar-refractivity contribution in [1.29, 1.82) is 0 Å². The minimum absolute atomic E-state index is 0.143. The number of nitrogens with two attached hydrogens (primary N) is 1.